The van der Waals surface area contributed by atoms with Crippen molar-refractivity contribution in [3.63, 3.8) is 0 Å². The van der Waals surface area contributed by atoms with Crippen LogP contribution < -0.4 is 15.8 Å². The van der Waals surface area contributed by atoms with Crippen LogP contribution in [0.5, 0.6) is 5.75 Å². The molecule has 1 aromatic carbocycles. The molecule has 0 fully saturated rings. The number of nitrogens with one attached hydrogen (secondary N) is 1. The molecule has 6 heteroatoms. The smallest absolute Gasteiger partial charge is 0.257 e. The van der Waals surface area contributed by atoms with Crippen molar-refractivity contribution >= 4 is 23.2 Å². The minimum Gasteiger partial charge on any atom is -0.492 e. The molecular weight excluding hydrogens is 278 g/mol. The van der Waals surface area contributed by atoms with Crippen LogP contribution in [0.4, 0.5) is 5.69 Å². The summed E-state index contributed by atoms with van der Waals surface area (Å²) in [6, 6.07) is 8.59. The Morgan fingerprint density at radius 1 is 1.30 bits per heavy atom. The van der Waals surface area contributed by atoms with Crippen molar-refractivity contribution in [1.29, 1.82) is 0 Å². The first-order valence-corrected chi connectivity index (χ1v) is 6.42. The van der Waals surface area contributed by atoms with E-state index in [1.807, 2.05) is 0 Å². The number of nitrogens with zero attached hydrogens (tertiary/aromatic N) is 1. The van der Waals surface area contributed by atoms with Crippen LogP contribution in [0.2, 0.25) is 5.02 Å². The lowest BCUT2D eigenvalue weighted by molar-refractivity contribution is 0.102. The Morgan fingerprint density at radius 3 is 2.70 bits per heavy atom. The first-order valence-electron chi connectivity index (χ1n) is 6.04. The number of benzene rings is 1. The second-order valence-corrected chi connectivity index (χ2v) is 4.38. The first kappa shape index (κ1) is 14.3. The highest BCUT2D eigenvalue weighted by Gasteiger charge is 2.10. The van der Waals surface area contributed by atoms with E-state index in [0.717, 1.165) is 0 Å². The largest absolute Gasteiger partial charge is 0.492 e. The molecule has 0 aliphatic rings. The van der Waals surface area contributed by atoms with Crippen molar-refractivity contribution in [2.24, 2.45) is 5.73 Å². The summed E-state index contributed by atoms with van der Waals surface area (Å²) in [6.45, 7) is 0.914. The van der Waals surface area contributed by atoms with E-state index in [4.69, 9.17) is 22.1 Å². The zero-order chi connectivity index (χ0) is 14.4. The van der Waals surface area contributed by atoms with E-state index in [-0.39, 0.29) is 5.91 Å². The van der Waals surface area contributed by atoms with Gasteiger partial charge >= 0.3 is 0 Å². The van der Waals surface area contributed by atoms with Crippen molar-refractivity contribution in [2.45, 2.75) is 0 Å². The Kier molecular flexibility index (Phi) is 4.92. The zero-order valence-electron chi connectivity index (χ0n) is 10.7. The number of amides is 1. The molecule has 2 rings (SSSR count). The number of aromatic nitrogens is 1. The fourth-order valence-electron chi connectivity index (χ4n) is 1.57. The molecular formula is C14H14ClN3O2. The highest BCUT2D eigenvalue weighted by atomic mass is 35.5. The summed E-state index contributed by atoms with van der Waals surface area (Å²) >= 11 is 5.91. The Labute approximate surface area is 121 Å². The SMILES string of the molecule is NCCOc1ccc(NC(=O)c2ccncc2Cl)cc1. The minimum absolute atomic E-state index is 0.284. The van der Waals surface area contributed by atoms with E-state index in [9.17, 15) is 4.79 Å². The fourth-order valence-corrected chi connectivity index (χ4v) is 1.77. The van der Waals surface area contributed by atoms with Gasteiger partial charge in [0, 0.05) is 24.6 Å². The summed E-state index contributed by atoms with van der Waals surface area (Å²) in [6.07, 6.45) is 2.95. The third-order valence-electron chi connectivity index (χ3n) is 2.52. The summed E-state index contributed by atoms with van der Waals surface area (Å²) in [5.41, 5.74) is 6.39. The van der Waals surface area contributed by atoms with Crippen LogP contribution in [-0.4, -0.2) is 24.0 Å². The highest BCUT2D eigenvalue weighted by molar-refractivity contribution is 6.34. The van der Waals surface area contributed by atoms with Crippen molar-refractivity contribution in [3.8, 4) is 5.75 Å². The molecule has 0 bridgehead atoms. The summed E-state index contributed by atoms with van der Waals surface area (Å²) in [5, 5.41) is 3.06. The van der Waals surface area contributed by atoms with Gasteiger partial charge in [-0.1, -0.05) is 11.6 Å². The standard InChI is InChI=1S/C14H14ClN3O2/c15-13-9-17-7-5-12(13)14(19)18-10-1-3-11(4-2-10)20-8-6-16/h1-5,7,9H,6,8,16H2,(H,18,19). The topological polar surface area (TPSA) is 77.2 Å². The van der Waals surface area contributed by atoms with Crippen LogP contribution in [0.25, 0.3) is 0 Å². The molecule has 0 spiro atoms. The molecule has 0 aliphatic carbocycles. The van der Waals surface area contributed by atoms with E-state index >= 15 is 0 Å². The molecule has 0 saturated carbocycles. The van der Waals surface area contributed by atoms with E-state index in [2.05, 4.69) is 10.3 Å². The van der Waals surface area contributed by atoms with Gasteiger partial charge in [0.05, 0.1) is 10.6 Å². The number of ether oxygens (including phenoxy) is 1. The molecule has 0 atom stereocenters. The summed E-state index contributed by atoms with van der Waals surface area (Å²) in [4.78, 5) is 15.9. The molecule has 0 radical (unpaired) electrons. The maximum absolute atomic E-state index is 12.0. The maximum atomic E-state index is 12.0. The molecule has 2 aromatic rings. The van der Waals surface area contributed by atoms with E-state index in [0.29, 0.717) is 35.2 Å². The van der Waals surface area contributed by atoms with Gasteiger partial charge in [-0.15, -0.1) is 0 Å². The van der Waals surface area contributed by atoms with Gasteiger partial charge in [0.2, 0.25) is 0 Å². The third kappa shape index (κ3) is 3.69. The second kappa shape index (κ2) is 6.88. The molecule has 1 heterocycles. The lowest BCUT2D eigenvalue weighted by Gasteiger charge is -2.08. The Bertz CT molecular complexity index is 587. The lowest BCUT2D eigenvalue weighted by atomic mass is 10.2. The van der Waals surface area contributed by atoms with Gasteiger partial charge in [0.25, 0.3) is 5.91 Å². The van der Waals surface area contributed by atoms with Gasteiger partial charge in [0.1, 0.15) is 12.4 Å². The Morgan fingerprint density at radius 2 is 2.05 bits per heavy atom. The van der Waals surface area contributed by atoms with Crippen molar-refractivity contribution in [3.05, 3.63) is 53.3 Å². The number of anilines is 1. The Hall–Kier alpha value is -2.11. The van der Waals surface area contributed by atoms with Crippen molar-refractivity contribution in [1.82, 2.24) is 4.98 Å². The molecule has 0 unspecified atom stereocenters. The minimum atomic E-state index is -0.284. The summed E-state index contributed by atoms with van der Waals surface area (Å²) in [7, 11) is 0. The maximum Gasteiger partial charge on any atom is 0.257 e. The number of halogens is 1. The van der Waals surface area contributed by atoms with Gasteiger partial charge in [-0.05, 0) is 30.3 Å². The normalized spacial score (nSPS) is 10.1. The van der Waals surface area contributed by atoms with Crippen molar-refractivity contribution < 1.29 is 9.53 Å². The number of pyridine rings is 1. The van der Waals surface area contributed by atoms with Crippen LogP contribution in [0.3, 0.4) is 0 Å². The van der Waals surface area contributed by atoms with Crippen molar-refractivity contribution in [2.75, 3.05) is 18.5 Å². The predicted molar refractivity (Wildman–Crippen MR) is 78.2 cm³/mol. The highest BCUT2D eigenvalue weighted by Crippen LogP contribution is 2.18. The van der Waals surface area contributed by atoms with Gasteiger partial charge in [-0.3, -0.25) is 9.78 Å². The number of hydrogen-bond donors (Lipinski definition) is 2. The molecule has 0 aliphatic heterocycles. The fraction of sp³-hybridized carbons (Fsp3) is 0.143. The third-order valence-corrected chi connectivity index (χ3v) is 2.82. The number of carbonyl (C=O) groups is 1. The molecule has 20 heavy (non-hydrogen) atoms. The van der Waals surface area contributed by atoms with Gasteiger partial charge in [-0.2, -0.15) is 0 Å². The summed E-state index contributed by atoms with van der Waals surface area (Å²) in [5.74, 6) is 0.420. The van der Waals surface area contributed by atoms with Crippen LogP contribution >= 0.6 is 11.6 Å². The monoisotopic (exact) mass is 291 g/mol. The zero-order valence-corrected chi connectivity index (χ0v) is 11.4. The lowest BCUT2D eigenvalue weighted by Crippen LogP contribution is -2.13. The number of hydrogen-bond acceptors (Lipinski definition) is 4. The van der Waals surface area contributed by atoms with Crippen LogP contribution in [0.1, 0.15) is 10.4 Å². The van der Waals surface area contributed by atoms with E-state index in [1.165, 1.54) is 12.4 Å². The van der Waals surface area contributed by atoms with Gasteiger partial charge in [-0.25, -0.2) is 0 Å². The molecule has 0 saturated heterocycles. The average molecular weight is 292 g/mol. The van der Waals surface area contributed by atoms with Crippen LogP contribution in [-0.2, 0) is 0 Å². The van der Waals surface area contributed by atoms with Gasteiger partial charge < -0.3 is 15.8 Å². The first-order chi connectivity index (χ1) is 9.70. The van der Waals surface area contributed by atoms with Crippen LogP contribution in [0, 0.1) is 0 Å². The number of nitrogens with two attached hydrogens (primary N) is 1. The predicted octanol–water partition coefficient (Wildman–Crippen LogP) is 2.32. The number of rotatable bonds is 5. The molecule has 104 valence electrons. The van der Waals surface area contributed by atoms with E-state index < -0.39 is 0 Å². The molecule has 5 nitrogen and oxygen atoms in total. The van der Waals surface area contributed by atoms with E-state index in [1.54, 1.807) is 30.3 Å². The van der Waals surface area contributed by atoms with Gasteiger partial charge in [0.15, 0.2) is 0 Å². The quantitative estimate of drug-likeness (QED) is 0.886. The Balaban J connectivity index is 2.03. The second-order valence-electron chi connectivity index (χ2n) is 3.97. The molecule has 1 aromatic heterocycles. The van der Waals surface area contributed by atoms with Crippen LogP contribution in [0.15, 0.2) is 42.7 Å². The average Bonchev–Trinajstić information content (AvgIpc) is 2.47. The molecule has 3 N–H and O–H groups in total. The number of carbonyl (C=O) groups excluding carboxylic acids is 1. The summed E-state index contributed by atoms with van der Waals surface area (Å²) < 4.78 is 5.35. The molecule has 1 amide bonds.